The van der Waals surface area contributed by atoms with Crippen molar-refractivity contribution < 1.29 is 4.57 Å². The van der Waals surface area contributed by atoms with Crippen LogP contribution in [0.3, 0.4) is 0 Å². The molecule has 0 fully saturated rings. The topological polar surface area (TPSA) is 26.6 Å². The van der Waals surface area contributed by atoms with Gasteiger partial charge in [0.25, 0.3) is 5.82 Å². The molecule has 0 aliphatic carbocycles. The fourth-order valence-electron chi connectivity index (χ4n) is 6.09. The molecule has 2 aromatic heterocycles. The number of nitrogens with zero attached hydrogens (tertiary/aromatic N) is 4. The van der Waals surface area contributed by atoms with E-state index in [0.717, 1.165) is 17.8 Å². The summed E-state index contributed by atoms with van der Waals surface area (Å²) < 4.78 is 7.06. The highest BCUT2D eigenvalue weighted by molar-refractivity contribution is 5.81. The molecule has 0 N–H and O–H groups in total. The van der Waals surface area contributed by atoms with Crippen molar-refractivity contribution in [3.63, 3.8) is 0 Å². The quantitative estimate of drug-likeness (QED) is 0.255. The summed E-state index contributed by atoms with van der Waals surface area (Å²) in [4.78, 5) is 4.93. The predicted molar refractivity (Wildman–Crippen MR) is 149 cm³/mol. The Bertz CT molecular complexity index is 1820. The number of imidazole rings is 2. The SMILES string of the molecule is Cc1cc2c(cc1-c1c[n+](-c3c(C)cccc3C)c(-c3ccccc3)n1C)-n1c(nc3ccccc31)C2. The first kappa shape index (κ1) is 21.8. The van der Waals surface area contributed by atoms with E-state index in [1.54, 1.807) is 0 Å². The van der Waals surface area contributed by atoms with Gasteiger partial charge in [-0.15, -0.1) is 0 Å². The van der Waals surface area contributed by atoms with Gasteiger partial charge >= 0.3 is 0 Å². The molecule has 0 atom stereocenters. The third-order valence-corrected chi connectivity index (χ3v) is 7.79. The average Bonchev–Trinajstić information content (AvgIpc) is 3.53. The Morgan fingerprint density at radius 3 is 2.30 bits per heavy atom. The van der Waals surface area contributed by atoms with E-state index in [1.807, 2.05) is 0 Å². The lowest BCUT2D eigenvalue weighted by Crippen LogP contribution is -2.33. The molecule has 0 bridgehead atoms. The molecule has 1 aliphatic rings. The zero-order valence-corrected chi connectivity index (χ0v) is 21.7. The Morgan fingerprint density at radius 2 is 1.51 bits per heavy atom. The highest BCUT2D eigenvalue weighted by Gasteiger charge is 2.30. The van der Waals surface area contributed by atoms with E-state index in [9.17, 15) is 0 Å². The van der Waals surface area contributed by atoms with Crippen molar-refractivity contribution in [2.45, 2.75) is 27.2 Å². The lowest BCUT2D eigenvalue weighted by atomic mass is 10.0. The molecule has 6 aromatic rings. The van der Waals surface area contributed by atoms with Gasteiger partial charge in [-0.2, -0.15) is 4.57 Å². The van der Waals surface area contributed by atoms with Crippen LogP contribution in [0.5, 0.6) is 0 Å². The number of hydrogen-bond acceptors (Lipinski definition) is 1. The first-order chi connectivity index (χ1) is 18.0. The number of aryl methyl sites for hydroxylation is 3. The van der Waals surface area contributed by atoms with Crippen molar-refractivity contribution in [1.29, 1.82) is 0 Å². The smallest absolute Gasteiger partial charge is 0.294 e. The largest absolute Gasteiger partial charge is 0.296 e. The van der Waals surface area contributed by atoms with E-state index in [0.29, 0.717) is 0 Å². The first-order valence-corrected chi connectivity index (χ1v) is 12.9. The molecule has 0 radical (unpaired) electrons. The van der Waals surface area contributed by atoms with Crippen LogP contribution in [0.1, 0.15) is 28.1 Å². The lowest BCUT2D eigenvalue weighted by molar-refractivity contribution is -0.583. The molecule has 1 aliphatic heterocycles. The second-order valence-corrected chi connectivity index (χ2v) is 10.2. The highest BCUT2D eigenvalue weighted by atomic mass is 15.2. The number of benzene rings is 4. The molecule has 7 rings (SSSR count). The summed E-state index contributed by atoms with van der Waals surface area (Å²) >= 11 is 0. The first-order valence-electron chi connectivity index (χ1n) is 12.9. The normalized spacial score (nSPS) is 12.2. The van der Waals surface area contributed by atoms with Gasteiger partial charge in [0.2, 0.25) is 0 Å². The Labute approximate surface area is 217 Å². The van der Waals surface area contributed by atoms with Crippen LogP contribution in [0.15, 0.2) is 91.1 Å². The minimum Gasteiger partial charge on any atom is -0.296 e. The van der Waals surface area contributed by atoms with Gasteiger partial charge in [-0.05, 0) is 73.4 Å². The summed E-state index contributed by atoms with van der Waals surface area (Å²) in [5, 5.41) is 0. The second kappa shape index (κ2) is 8.04. The van der Waals surface area contributed by atoms with E-state index < -0.39 is 0 Å². The fraction of sp³-hybridized carbons (Fsp3) is 0.152. The average molecular weight is 482 g/mol. The molecule has 0 saturated heterocycles. The predicted octanol–water partition coefficient (Wildman–Crippen LogP) is 6.80. The van der Waals surface area contributed by atoms with Crippen LogP contribution < -0.4 is 4.57 Å². The third-order valence-electron chi connectivity index (χ3n) is 7.79. The molecule has 0 amide bonds. The summed E-state index contributed by atoms with van der Waals surface area (Å²) in [5.74, 6) is 2.29. The number of para-hydroxylation sites is 3. The van der Waals surface area contributed by atoms with Crippen molar-refractivity contribution in [2.75, 3.05) is 0 Å². The Balaban J connectivity index is 1.49. The zero-order chi connectivity index (χ0) is 25.3. The Morgan fingerprint density at radius 1 is 0.784 bits per heavy atom. The number of fused-ring (bicyclic) bond motifs is 5. The zero-order valence-electron chi connectivity index (χ0n) is 21.7. The van der Waals surface area contributed by atoms with Crippen LogP contribution in [0, 0.1) is 20.8 Å². The van der Waals surface area contributed by atoms with Gasteiger partial charge in [0, 0.05) is 12.0 Å². The summed E-state index contributed by atoms with van der Waals surface area (Å²) in [5.41, 5.74) is 13.5. The minimum atomic E-state index is 0.871. The van der Waals surface area contributed by atoms with E-state index in [-0.39, 0.29) is 0 Å². The Kier molecular flexibility index (Phi) is 4.74. The third kappa shape index (κ3) is 3.22. The number of aromatic nitrogens is 4. The lowest BCUT2D eigenvalue weighted by Gasteiger charge is -2.10. The van der Waals surface area contributed by atoms with Crippen molar-refractivity contribution in [3.8, 4) is 34.0 Å². The molecular weight excluding hydrogens is 452 g/mol. The van der Waals surface area contributed by atoms with Crippen LogP contribution >= 0.6 is 0 Å². The summed E-state index contributed by atoms with van der Waals surface area (Å²) in [6.45, 7) is 6.62. The maximum absolute atomic E-state index is 4.93. The number of rotatable bonds is 3. The maximum Gasteiger partial charge on any atom is 0.294 e. The van der Waals surface area contributed by atoms with E-state index >= 15 is 0 Å². The van der Waals surface area contributed by atoms with Gasteiger partial charge in [0.05, 0.1) is 29.3 Å². The molecule has 3 heterocycles. The summed E-state index contributed by atoms with van der Waals surface area (Å²) in [7, 11) is 2.19. The van der Waals surface area contributed by atoms with Crippen molar-refractivity contribution in [1.82, 2.24) is 14.1 Å². The molecular formula is C33H29N4+. The second-order valence-electron chi connectivity index (χ2n) is 10.2. The molecule has 0 spiro atoms. The monoisotopic (exact) mass is 481 g/mol. The maximum atomic E-state index is 4.93. The van der Waals surface area contributed by atoms with Gasteiger partial charge < -0.3 is 0 Å². The molecule has 0 unspecified atom stereocenters. The van der Waals surface area contributed by atoms with Crippen LogP contribution in [0.2, 0.25) is 0 Å². The van der Waals surface area contributed by atoms with Gasteiger partial charge in [-0.3, -0.25) is 4.57 Å². The summed E-state index contributed by atoms with van der Waals surface area (Å²) in [6, 6.07) is 30.4. The van der Waals surface area contributed by atoms with E-state index in [4.69, 9.17) is 4.98 Å². The Hall–Kier alpha value is -4.44. The van der Waals surface area contributed by atoms with Gasteiger partial charge in [0.15, 0.2) is 5.69 Å². The van der Waals surface area contributed by atoms with Gasteiger partial charge in [-0.1, -0.05) is 54.6 Å². The molecule has 0 saturated carbocycles. The van der Waals surface area contributed by atoms with Gasteiger partial charge in [0.1, 0.15) is 17.7 Å². The molecule has 180 valence electrons. The van der Waals surface area contributed by atoms with Crippen LogP contribution in [-0.4, -0.2) is 14.1 Å². The molecule has 4 heteroatoms. The summed E-state index contributed by atoms with van der Waals surface area (Å²) in [6.07, 6.45) is 3.18. The standard InChI is InChI=1S/C33H29N4/c1-21-11-10-12-22(2)32(21)36-20-30(35(4)33(36)24-13-6-5-7-14-24)26-19-29-25(17-23(26)3)18-31-34-27-15-8-9-16-28(27)37(29)31/h5-17,19-20H,18H2,1-4H3/q+1. The highest BCUT2D eigenvalue weighted by Crippen LogP contribution is 2.37. The van der Waals surface area contributed by atoms with Gasteiger partial charge in [-0.25, -0.2) is 9.55 Å². The van der Waals surface area contributed by atoms with E-state index in [2.05, 4.69) is 133 Å². The molecule has 4 nitrogen and oxygen atoms in total. The van der Waals surface area contributed by atoms with Crippen LogP contribution in [0.4, 0.5) is 0 Å². The van der Waals surface area contributed by atoms with Crippen molar-refractivity contribution in [3.05, 3.63) is 119 Å². The number of hydrogen-bond donors (Lipinski definition) is 0. The van der Waals surface area contributed by atoms with E-state index in [1.165, 1.54) is 61.8 Å². The van der Waals surface area contributed by atoms with Crippen LogP contribution in [0.25, 0.3) is 45.1 Å². The van der Waals surface area contributed by atoms with Crippen LogP contribution in [-0.2, 0) is 13.5 Å². The van der Waals surface area contributed by atoms with Crippen molar-refractivity contribution >= 4 is 11.0 Å². The molecule has 4 aromatic carbocycles. The minimum absolute atomic E-state index is 0.871. The van der Waals surface area contributed by atoms with Crippen molar-refractivity contribution in [2.24, 2.45) is 7.05 Å². The fourth-order valence-corrected chi connectivity index (χ4v) is 6.09. The molecule has 37 heavy (non-hydrogen) atoms.